The molecule has 0 unspecified atom stereocenters. The van der Waals surface area contributed by atoms with Gasteiger partial charge in [0.25, 0.3) is 0 Å². The van der Waals surface area contributed by atoms with Gasteiger partial charge in [-0.1, -0.05) is 46.0 Å². The maximum atomic E-state index is 10.7. The molecule has 0 bridgehead atoms. The smallest absolute Gasteiger partial charge is 0.320 e. The number of carbonyl (C=O) groups is 1. The third kappa shape index (κ3) is 11.7. The molecule has 0 aromatic carbocycles. The van der Waals surface area contributed by atoms with Gasteiger partial charge in [-0.2, -0.15) is 0 Å². The predicted octanol–water partition coefficient (Wildman–Crippen LogP) is 3.77. The number of hydrogen-bond donors (Lipinski definition) is 0. The number of esters is 1. The first-order valence-corrected chi connectivity index (χ1v) is 6.42. The molecule has 0 spiro atoms. The Morgan fingerprint density at radius 2 is 1.73 bits per heavy atom. The molecule has 0 aliphatic heterocycles. The number of ether oxygens (including phenoxy) is 1. The molecular weight excluding hydrogens is 212 g/mol. The van der Waals surface area contributed by atoms with E-state index in [0.29, 0.717) is 6.61 Å². The third-order valence-corrected chi connectivity index (χ3v) is 2.52. The average Bonchev–Trinajstić information content (AvgIpc) is 2.21. The van der Waals surface area contributed by atoms with E-state index in [2.05, 4.69) is 13.8 Å². The van der Waals surface area contributed by atoms with Crippen LogP contribution in [0, 0.1) is 5.92 Å². The minimum Gasteiger partial charge on any atom is -0.465 e. The average molecular weight is 235 g/mol. The number of unbranched alkanes of at least 4 members (excludes halogenated alkanes) is 4. The number of alkyl halides is 1. The molecule has 0 saturated heterocycles. The van der Waals surface area contributed by atoms with Crippen LogP contribution in [0.15, 0.2) is 0 Å². The van der Waals surface area contributed by atoms with Gasteiger partial charge in [0.2, 0.25) is 0 Å². The molecule has 0 rings (SSSR count). The van der Waals surface area contributed by atoms with E-state index in [9.17, 15) is 4.79 Å². The van der Waals surface area contributed by atoms with Crippen molar-refractivity contribution in [1.82, 2.24) is 0 Å². The zero-order valence-corrected chi connectivity index (χ0v) is 10.7. The number of carbonyl (C=O) groups excluding carboxylic acids is 1. The summed E-state index contributed by atoms with van der Waals surface area (Å²) < 4.78 is 4.87. The minimum atomic E-state index is -0.309. The standard InChI is InChI=1S/C12H23ClO2/c1-11(2)8-6-4-3-5-7-9-15-12(14)10-13/h11H,3-10H2,1-2H3. The molecule has 0 atom stereocenters. The lowest BCUT2D eigenvalue weighted by Crippen LogP contribution is -2.06. The van der Waals surface area contributed by atoms with Gasteiger partial charge in [-0.05, 0) is 12.3 Å². The SMILES string of the molecule is CC(C)CCCCCCCOC(=O)CCl. The van der Waals surface area contributed by atoms with E-state index in [1.165, 1.54) is 25.7 Å². The van der Waals surface area contributed by atoms with Gasteiger partial charge in [-0.15, -0.1) is 11.6 Å². The lowest BCUT2D eigenvalue weighted by Gasteiger charge is -2.04. The zero-order valence-electron chi connectivity index (χ0n) is 9.93. The lowest BCUT2D eigenvalue weighted by atomic mass is 10.0. The highest BCUT2D eigenvalue weighted by Gasteiger charge is 1.98. The first kappa shape index (κ1) is 14.8. The second-order valence-corrected chi connectivity index (χ2v) is 4.57. The Morgan fingerprint density at radius 3 is 2.33 bits per heavy atom. The highest BCUT2D eigenvalue weighted by Crippen LogP contribution is 2.10. The van der Waals surface area contributed by atoms with Crippen LogP contribution >= 0.6 is 11.6 Å². The van der Waals surface area contributed by atoms with Crippen molar-refractivity contribution in [2.24, 2.45) is 5.92 Å². The first-order chi connectivity index (χ1) is 7.16. The summed E-state index contributed by atoms with van der Waals surface area (Å²) >= 11 is 5.29. The van der Waals surface area contributed by atoms with E-state index in [4.69, 9.17) is 16.3 Å². The van der Waals surface area contributed by atoms with Crippen molar-refractivity contribution in [3.63, 3.8) is 0 Å². The molecule has 0 saturated carbocycles. The molecule has 0 aliphatic rings. The van der Waals surface area contributed by atoms with Crippen LogP contribution in [-0.4, -0.2) is 18.5 Å². The van der Waals surface area contributed by atoms with Crippen molar-refractivity contribution >= 4 is 17.6 Å². The van der Waals surface area contributed by atoms with Crippen LogP contribution in [0.3, 0.4) is 0 Å². The molecule has 0 aromatic rings. The highest BCUT2D eigenvalue weighted by atomic mass is 35.5. The van der Waals surface area contributed by atoms with Gasteiger partial charge in [0.05, 0.1) is 6.61 Å². The molecule has 0 radical (unpaired) electrons. The molecular formula is C12H23ClO2. The van der Waals surface area contributed by atoms with E-state index < -0.39 is 0 Å². The quantitative estimate of drug-likeness (QED) is 0.345. The Bertz CT molecular complexity index is 158. The minimum absolute atomic E-state index is 0.0333. The van der Waals surface area contributed by atoms with E-state index in [-0.39, 0.29) is 11.8 Å². The Labute approximate surface area is 98.3 Å². The van der Waals surface area contributed by atoms with Crippen LogP contribution in [0.4, 0.5) is 0 Å². The molecule has 2 nitrogen and oxygen atoms in total. The molecule has 90 valence electrons. The van der Waals surface area contributed by atoms with Crippen LogP contribution in [0.1, 0.15) is 52.4 Å². The zero-order chi connectivity index (χ0) is 11.5. The molecule has 0 amide bonds. The second-order valence-electron chi connectivity index (χ2n) is 4.30. The summed E-state index contributed by atoms with van der Waals surface area (Å²) in [6.45, 7) is 5.03. The Hall–Kier alpha value is -0.240. The van der Waals surface area contributed by atoms with Crippen molar-refractivity contribution in [3.8, 4) is 0 Å². The number of rotatable bonds is 9. The van der Waals surface area contributed by atoms with Gasteiger partial charge >= 0.3 is 5.97 Å². The third-order valence-electron chi connectivity index (χ3n) is 2.30. The fourth-order valence-corrected chi connectivity index (χ4v) is 1.49. The summed E-state index contributed by atoms with van der Waals surface area (Å²) in [6, 6.07) is 0. The molecule has 0 aliphatic carbocycles. The Kier molecular flexibility index (Phi) is 10.1. The van der Waals surface area contributed by atoms with Crippen molar-refractivity contribution in [2.75, 3.05) is 12.5 Å². The Morgan fingerprint density at radius 1 is 1.13 bits per heavy atom. The van der Waals surface area contributed by atoms with Gasteiger partial charge < -0.3 is 4.74 Å². The maximum absolute atomic E-state index is 10.7. The van der Waals surface area contributed by atoms with Crippen LogP contribution in [0.25, 0.3) is 0 Å². The highest BCUT2D eigenvalue weighted by molar-refractivity contribution is 6.26. The first-order valence-electron chi connectivity index (χ1n) is 5.88. The predicted molar refractivity (Wildman–Crippen MR) is 64.2 cm³/mol. The van der Waals surface area contributed by atoms with Crippen molar-refractivity contribution in [2.45, 2.75) is 52.4 Å². The normalized spacial score (nSPS) is 10.7. The van der Waals surface area contributed by atoms with Crippen LogP contribution in [-0.2, 0) is 9.53 Å². The van der Waals surface area contributed by atoms with Crippen molar-refractivity contribution in [3.05, 3.63) is 0 Å². The summed E-state index contributed by atoms with van der Waals surface area (Å²) in [5.41, 5.74) is 0. The molecule has 0 N–H and O–H groups in total. The fourth-order valence-electron chi connectivity index (χ4n) is 1.41. The van der Waals surface area contributed by atoms with Crippen LogP contribution < -0.4 is 0 Å². The van der Waals surface area contributed by atoms with Crippen molar-refractivity contribution < 1.29 is 9.53 Å². The summed E-state index contributed by atoms with van der Waals surface area (Å²) in [4.78, 5) is 10.7. The molecule has 0 fully saturated rings. The number of hydrogen-bond acceptors (Lipinski definition) is 2. The summed E-state index contributed by atoms with van der Waals surface area (Å²) in [5, 5.41) is 0. The molecule has 15 heavy (non-hydrogen) atoms. The molecule has 0 aromatic heterocycles. The monoisotopic (exact) mass is 234 g/mol. The number of halogens is 1. The summed E-state index contributed by atoms with van der Waals surface area (Å²) in [6.07, 6.45) is 7.28. The lowest BCUT2D eigenvalue weighted by molar-refractivity contribution is -0.140. The fraction of sp³-hybridized carbons (Fsp3) is 0.917. The van der Waals surface area contributed by atoms with Crippen LogP contribution in [0.2, 0.25) is 0 Å². The Balaban J connectivity index is 3.02. The molecule has 0 heterocycles. The van der Waals surface area contributed by atoms with Gasteiger partial charge in [-0.25, -0.2) is 0 Å². The van der Waals surface area contributed by atoms with Gasteiger partial charge in [0, 0.05) is 0 Å². The molecule has 3 heteroatoms. The van der Waals surface area contributed by atoms with Gasteiger partial charge in [0.15, 0.2) is 0 Å². The maximum Gasteiger partial charge on any atom is 0.320 e. The largest absolute Gasteiger partial charge is 0.465 e. The van der Waals surface area contributed by atoms with Gasteiger partial charge in [0.1, 0.15) is 5.88 Å². The van der Waals surface area contributed by atoms with Crippen molar-refractivity contribution in [1.29, 1.82) is 0 Å². The van der Waals surface area contributed by atoms with Gasteiger partial charge in [-0.3, -0.25) is 4.79 Å². The van der Waals surface area contributed by atoms with E-state index >= 15 is 0 Å². The van der Waals surface area contributed by atoms with E-state index in [1.54, 1.807) is 0 Å². The topological polar surface area (TPSA) is 26.3 Å². The second kappa shape index (κ2) is 10.3. The summed E-state index contributed by atoms with van der Waals surface area (Å²) in [7, 11) is 0. The summed E-state index contributed by atoms with van der Waals surface area (Å²) in [5.74, 6) is 0.472. The van der Waals surface area contributed by atoms with Crippen LogP contribution in [0.5, 0.6) is 0 Å². The van der Waals surface area contributed by atoms with E-state index in [1.807, 2.05) is 0 Å². The van der Waals surface area contributed by atoms with E-state index in [0.717, 1.165) is 18.8 Å².